The molecule has 22 heavy (non-hydrogen) atoms. The zero-order valence-corrected chi connectivity index (χ0v) is 12.5. The molecular weight excluding hydrogens is 278 g/mol. The molecule has 0 unspecified atom stereocenters. The van der Waals surface area contributed by atoms with Crippen molar-refractivity contribution in [3.63, 3.8) is 0 Å². The van der Waals surface area contributed by atoms with Crippen molar-refractivity contribution in [3.05, 3.63) is 66.7 Å². The van der Waals surface area contributed by atoms with Crippen LogP contribution in [0, 0.1) is 6.92 Å². The Bertz CT molecular complexity index is 652. The molecule has 4 heteroatoms. The fourth-order valence-corrected chi connectivity index (χ4v) is 1.89. The van der Waals surface area contributed by atoms with Crippen LogP contribution in [0.25, 0.3) is 0 Å². The van der Waals surface area contributed by atoms with Crippen molar-refractivity contribution in [3.8, 4) is 11.5 Å². The lowest BCUT2D eigenvalue weighted by molar-refractivity contribution is -0.118. The SMILES string of the molecule is C=CCOc1ccccc1NC(=O)COc1ccccc1C. The van der Waals surface area contributed by atoms with E-state index in [1.54, 1.807) is 18.2 Å². The van der Waals surface area contributed by atoms with E-state index < -0.39 is 0 Å². The molecule has 0 saturated heterocycles. The van der Waals surface area contributed by atoms with Crippen LogP contribution in [0.4, 0.5) is 5.69 Å². The zero-order valence-electron chi connectivity index (χ0n) is 12.5. The van der Waals surface area contributed by atoms with Gasteiger partial charge in [-0.1, -0.05) is 43.0 Å². The largest absolute Gasteiger partial charge is 0.487 e. The summed E-state index contributed by atoms with van der Waals surface area (Å²) in [6.45, 7) is 5.87. The third-order valence-corrected chi connectivity index (χ3v) is 2.97. The molecule has 0 radical (unpaired) electrons. The fourth-order valence-electron chi connectivity index (χ4n) is 1.89. The maximum absolute atomic E-state index is 12.0. The van der Waals surface area contributed by atoms with Gasteiger partial charge in [-0.25, -0.2) is 0 Å². The van der Waals surface area contributed by atoms with Gasteiger partial charge in [-0.2, -0.15) is 0 Å². The molecule has 0 aromatic heterocycles. The maximum atomic E-state index is 12.0. The van der Waals surface area contributed by atoms with Crippen LogP contribution in [-0.2, 0) is 4.79 Å². The minimum atomic E-state index is -0.238. The highest BCUT2D eigenvalue weighted by Crippen LogP contribution is 2.23. The van der Waals surface area contributed by atoms with Crippen molar-refractivity contribution in [2.75, 3.05) is 18.5 Å². The predicted molar refractivity (Wildman–Crippen MR) is 87.4 cm³/mol. The van der Waals surface area contributed by atoms with E-state index >= 15 is 0 Å². The van der Waals surface area contributed by atoms with E-state index in [1.807, 2.05) is 43.3 Å². The summed E-state index contributed by atoms with van der Waals surface area (Å²) in [5, 5.41) is 2.79. The molecule has 0 bridgehead atoms. The maximum Gasteiger partial charge on any atom is 0.262 e. The first kappa shape index (κ1) is 15.6. The number of anilines is 1. The summed E-state index contributed by atoms with van der Waals surface area (Å²) in [7, 11) is 0. The van der Waals surface area contributed by atoms with E-state index in [-0.39, 0.29) is 12.5 Å². The number of rotatable bonds is 7. The van der Waals surface area contributed by atoms with Crippen LogP contribution >= 0.6 is 0 Å². The van der Waals surface area contributed by atoms with Crippen LogP contribution in [0.5, 0.6) is 11.5 Å². The van der Waals surface area contributed by atoms with Crippen LogP contribution in [0.3, 0.4) is 0 Å². The second-order valence-electron chi connectivity index (χ2n) is 4.70. The van der Waals surface area contributed by atoms with Gasteiger partial charge >= 0.3 is 0 Å². The third kappa shape index (κ3) is 4.38. The van der Waals surface area contributed by atoms with Gasteiger partial charge < -0.3 is 14.8 Å². The number of carbonyl (C=O) groups is 1. The Morgan fingerprint density at radius 1 is 1.09 bits per heavy atom. The molecule has 2 aromatic rings. The number of aryl methyl sites for hydroxylation is 1. The van der Waals surface area contributed by atoms with E-state index in [9.17, 15) is 4.79 Å². The summed E-state index contributed by atoms with van der Waals surface area (Å²) < 4.78 is 11.0. The summed E-state index contributed by atoms with van der Waals surface area (Å²) >= 11 is 0. The second kappa shape index (κ2) is 7.88. The first-order chi connectivity index (χ1) is 10.7. The van der Waals surface area contributed by atoms with E-state index in [0.29, 0.717) is 23.8 Å². The minimum Gasteiger partial charge on any atom is -0.487 e. The van der Waals surface area contributed by atoms with Gasteiger partial charge in [0.05, 0.1) is 5.69 Å². The summed E-state index contributed by atoms with van der Waals surface area (Å²) in [5.41, 5.74) is 1.60. The van der Waals surface area contributed by atoms with Gasteiger partial charge in [0.2, 0.25) is 0 Å². The van der Waals surface area contributed by atoms with E-state index in [0.717, 1.165) is 5.56 Å². The van der Waals surface area contributed by atoms with Crippen LogP contribution in [0.1, 0.15) is 5.56 Å². The number of hydrogen-bond acceptors (Lipinski definition) is 3. The number of carbonyl (C=O) groups excluding carboxylic acids is 1. The molecule has 0 fully saturated rings. The summed E-state index contributed by atoms with van der Waals surface area (Å²) in [6, 6.07) is 14.8. The number of benzene rings is 2. The lowest BCUT2D eigenvalue weighted by atomic mass is 10.2. The number of hydrogen-bond donors (Lipinski definition) is 1. The predicted octanol–water partition coefficient (Wildman–Crippen LogP) is 3.58. The smallest absolute Gasteiger partial charge is 0.262 e. The second-order valence-corrected chi connectivity index (χ2v) is 4.70. The lowest BCUT2D eigenvalue weighted by Gasteiger charge is -2.12. The molecule has 2 aromatic carbocycles. The average molecular weight is 297 g/mol. The fraction of sp³-hybridized carbons (Fsp3) is 0.167. The molecule has 4 nitrogen and oxygen atoms in total. The molecule has 0 aliphatic rings. The van der Waals surface area contributed by atoms with Gasteiger partial charge in [-0.3, -0.25) is 4.79 Å². The highest BCUT2D eigenvalue weighted by Gasteiger charge is 2.08. The molecule has 0 atom stereocenters. The topological polar surface area (TPSA) is 47.6 Å². The molecular formula is C18H19NO3. The van der Waals surface area contributed by atoms with Crippen molar-refractivity contribution < 1.29 is 14.3 Å². The molecule has 1 N–H and O–H groups in total. The van der Waals surface area contributed by atoms with Crippen molar-refractivity contribution in [1.29, 1.82) is 0 Å². The van der Waals surface area contributed by atoms with Crippen molar-refractivity contribution in [1.82, 2.24) is 0 Å². The number of ether oxygens (including phenoxy) is 2. The molecule has 0 aliphatic carbocycles. The van der Waals surface area contributed by atoms with Gasteiger partial charge in [0, 0.05) is 0 Å². The monoisotopic (exact) mass is 297 g/mol. The van der Waals surface area contributed by atoms with Gasteiger partial charge in [0.25, 0.3) is 5.91 Å². The van der Waals surface area contributed by atoms with Crippen LogP contribution in [-0.4, -0.2) is 19.1 Å². The number of amides is 1. The van der Waals surface area contributed by atoms with Gasteiger partial charge in [0.15, 0.2) is 6.61 Å². The summed E-state index contributed by atoms with van der Waals surface area (Å²) in [4.78, 5) is 12.0. The van der Waals surface area contributed by atoms with Crippen LogP contribution in [0.15, 0.2) is 61.2 Å². The normalized spacial score (nSPS) is 9.86. The van der Waals surface area contributed by atoms with Crippen LogP contribution < -0.4 is 14.8 Å². The Morgan fingerprint density at radius 2 is 1.77 bits per heavy atom. The minimum absolute atomic E-state index is 0.0549. The molecule has 0 aliphatic heterocycles. The van der Waals surface area contributed by atoms with Crippen LogP contribution in [0.2, 0.25) is 0 Å². The molecule has 1 amide bonds. The van der Waals surface area contributed by atoms with Crippen molar-refractivity contribution in [2.24, 2.45) is 0 Å². The number of para-hydroxylation sites is 3. The highest BCUT2D eigenvalue weighted by atomic mass is 16.5. The Morgan fingerprint density at radius 3 is 2.50 bits per heavy atom. The Hall–Kier alpha value is -2.75. The molecule has 0 saturated carbocycles. The summed E-state index contributed by atoms with van der Waals surface area (Å²) in [6.07, 6.45) is 1.65. The first-order valence-electron chi connectivity index (χ1n) is 7.01. The Labute approximate surface area is 130 Å². The van der Waals surface area contributed by atoms with E-state index in [4.69, 9.17) is 9.47 Å². The van der Waals surface area contributed by atoms with E-state index in [2.05, 4.69) is 11.9 Å². The van der Waals surface area contributed by atoms with Crippen molar-refractivity contribution >= 4 is 11.6 Å². The molecule has 0 spiro atoms. The van der Waals surface area contributed by atoms with Gasteiger partial charge in [-0.05, 0) is 30.7 Å². The number of nitrogens with one attached hydrogen (secondary N) is 1. The molecule has 0 heterocycles. The van der Waals surface area contributed by atoms with Crippen molar-refractivity contribution in [2.45, 2.75) is 6.92 Å². The highest BCUT2D eigenvalue weighted by molar-refractivity contribution is 5.93. The first-order valence-corrected chi connectivity index (χ1v) is 7.01. The van der Waals surface area contributed by atoms with E-state index in [1.165, 1.54) is 0 Å². The zero-order chi connectivity index (χ0) is 15.8. The van der Waals surface area contributed by atoms with Gasteiger partial charge in [-0.15, -0.1) is 0 Å². The Kier molecular flexibility index (Phi) is 5.60. The molecule has 114 valence electrons. The third-order valence-electron chi connectivity index (χ3n) is 2.97. The average Bonchev–Trinajstić information content (AvgIpc) is 2.53. The van der Waals surface area contributed by atoms with Gasteiger partial charge in [0.1, 0.15) is 18.1 Å². The lowest BCUT2D eigenvalue weighted by Crippen LogP contribution is -2.20. The Balaban J connectivity index is 1.95. The molecule has 2 rings (SSSR count). The quantitative estimate of drug-likeness (QED) is 0.795. The summed E-state index contributed by atoms with van der Waals surface area (Å²) in [5.74, 6) is 1.07. The standard InChI is InChI=1S/C18H19NO3/c1-3-12-21-17-11-7-5-9-15(17)19-18(20)13-22-16-10-6-4-8-14(16)2/h3-11H,1,12-13H2,2H3,(H,19,20).